The van der Waals surface area contributed by atoms with Crippen LogP contribution < -0.4 is 22.3 Å². The molecule has 0 radical (unpaired) electrons. The van der Waals surface area contributed by atoms with Crippen molar-refractivity contribution in [2.24, 2.45) is 0 Å². The Morgan fingerprint density at radius 2 is 1.20 bits per heavy atom. The van der Waals surface area contributed by atoms with Crippen LogP contribution in [-0.4, -0.2) is 50.1 Å². The minimum atomic E-state index is -1.43. The van der Waals surface area contributed by atoms with E-state index in [0.717, 1.165) is 24.5 Å². The Kier molecular flexibility index (Phi) is 9.46. The predicted molar refractivity (Wildman–Crippen MR) is 251 cm³/mol. The SMILES string of the molecule is O=C(O)c1c(-c2ccc[nH]c2=O)c2c3occc3c(F)cc2n1Cc1cc2c(=O)[nH]cnc2cc1F.O=c1[nH]cnc2cc(F)c(Cn3c4cc(F)c5ccoc5c4c4c5cccnc5oc(=O)c43)cc12. The molecule has 0 aliphatic carbocycles. The molecule has 4 aromatic carbocycles. The third kappa shape index (κ3) is 6.54. The molecule has 0 aliphatic heterocycles. The Morgan fingerprint density at radius 3 is 1.80 bits per heavy atom. The molecule has 0 saturated heterocycles. The lowest BCUT2D eigenvalue weighted by atomic mass is 10.0. The molecular weight excluding hydrogens is 933 g/mol. The van der Waals surface area contributed by atoms with Gasteiger partial charge in [0.2, 0.25) is 5.71 Å². The normalized spacial score (nSPS) is 11.8. The van der Waals surface area contributed by atoms with Gasteiger partial charge < -0.3 is 42.4 Å². The first kappa shape index (κ1) is 42.4. The van der Waals surface area contributed by atoms with Gasteiger partial charge in [-0.3, -0.25) is 14.4 Å². The third-order valence-electron chi connectivity index (χ3n) is 12.4. The number of H-pyrrole nitrogens is 3. The molecule has 0 atom stereocenters. The molecule has 13 aromatic rings. The Balaban J connectivity index is 0.000000146. The Labute approximate surface area is 388 Å². The summed E-state index contributed by atoms with van der Waals surface area (Å²) in [7, 11) is 0. The van der Waals surface area contributed by atoms with Crippen molar-refractivity contribution in [1.29, 1.82) is 0 Å². The molecule has 0 amide bonds. The van der Waals surface area contributed by atoms with Crippen LogP contribution in [0.4, 0.5) is 17.6 Å². The van der Waals surface area contributed by atoms with E-state index >= 15 is 17.6 Å². The molecule has 0 bridgehead atoms. The number of fused-ring (bicyclic) bond motifs is 12. The van der Waals surface area contributed by atoms with Crippen molar-refractivity contribution in [1.82, 2.24) is 39.0 Å². The zero-order valence-corrected chi connectivity index (χ0v) is 35.8. The summed E-state index contributed by atoms with van der Waals surface area (Å²) < 4.78 is 79.5. The first-order valence-corrected chi connectivity index (χ1v) is 21.2. The minimum absolute atomic E-state index is 0.0000104. The standard InChI is InChI=1S/C25H14F2N4O5.C25H12F2N4O4/c26-15-7-17-14(24(33)30-10-29-17)6-11(15)9-31-18-8-16(27)12-3-5-36-22(12)20(18)19(21(31)25(34)35)13-2-1-4-28-23(13)32;26-15-7-17-14(23(32)30-10-29-17)6-11(15)9-31-18-8-16(27)12-3-5-34-22(12)20(18)19-13-2-1-4-28-24(13)35-25(33)21(19)31/h1-8,10H,9H2,(H,28,32)(H,34,35)(H,29,30,33);1-8,10H,9H2,(H,29,30,32). The average molecular weight is 959 g/mol. The molecule has 0 fully saturated rings. The molecule has 0 unspecified atom stereocenters. The summed E-state index contributed by atoms with van der Waals surface area (Å²) in [5.74, 6) is -4.04. The number of benzene rings is 4. The van der Waals surface area contributed by atoms with Gasteiger partial charge in [0.05, 0.1) is 98.2 Å². The number of carboxylic acid groups (broad SMARTS) is 1. The highest BCUT2D eigenvalue weighted by atomic mass is 19.1. The van der Waals surface area contributed by atoms with E-state index < -0.39 is 51.5 Å². The van der Waals surface area contributed by atoms with Crippen molar-refractivity contribution in [2.75, 3.05) is 0 Å². The number of carbonyl (C=O) groups is 1. The van der Waals surface area contributed by atoms with Gasteiger partial charge in [-0.2, -0.15) is 0 Å². The van der Waals surface area contributed by atoms with Crippen LogP contribution in [0.3, 0.4) is 0 Å². The summed E-state index contributed by atoms with van der Waals surface area (Å²) in [6.07, 6.45) is 7.85. The van der Waals surface area contributed by atoms with Crippen molar-refractivity contribution >= 4 is 93.5 Å². The van der Waals surface area contributed by atoms with Crippen LogP contribution in [0.1, 0.15) is 21.6 Å². The number of rotatable bonds is 6. The molecular formula is C50H26F4N8O9. The largest absolute Gasteiger partial charge is 0.477 e. The second kappa shape index (κ2) is 15.8. The lowest BCUT2D eigenvalue weighted by Crippen LogP contribution is -2.14. The van der Waals surface area contributed by atoms with Gasteiger partial charge in [-0.05, 0) is 60.7 Å². The molecule has 9 aromatic heterocycles. The quantitative estimate of drug-likeness (QED) is 0.115. The fraction of sp³-hybridized carbons (Fsp3) is 0.0400. The van der Waals surface area contributed by atoms with Gasteiger partial charge in [-0.15, -0.1) is 0 Å². The molecule has 13 rings (SSSR count). The Hall–Kier alpha value is -9.92. The van der Waals surface area contributed by atoms with Crippen LogP contribution in [0.25, 0.3) is 98.7 Å². The lowest BCUT2D eigenvalue weighted by molar-refractivity contribution is 0.0687. The lowest BCUT2D eigenvalue weighted by Gasteiger charge is -2.11. The summed E-state index contributed by atoms with van der Waals surface area (Å²) in [6.45, 7) is -0.567. The van der Waals surface area contributed by atoms with Gasteiger partial charge in [0.1, 0.15) is 45.6 Å². The van der Waals surface area contributed by atoms with Gasteiger partial charge in [0.25, 0.3) is 16.7 Å². The number of carboxylic acids is 1. The maximum Gasteiger partial charge on any atom is 0.362 e. The van der Waals surface area contributed by atoms with Crippen molar-refractivity contribution in [2.45, 2.75) is 13.1 Å². The number of nitrogens with one attached hydrogen (secondary N) is 3. The summed E-state index contributed by atoms with van der Waals surface area (Å²) in [5.41, 5.74) is -1.30. The number of halogens is 4. The number of nitrogens with zero attached hydrogens (tertiary/aromatic N) is 5. The van der Waals surface area contributed by atoms with E-state index in [1.807, 2.05) is 0 Å². The van der Waals surface area contributed by atoms with E-state index in [2.05, 4.69) is 29.9 Å². The van der Waals surface area contributed by atoms with Crippen LogP contribution in [0.2, 0.25) is 0 Å². The predicted octanol–water partition coefficient (Wildman–Crippen LogP) is 8.61. The number of aromatic nitrogens is 8. The van der Waals surface area contributed by atoms with Crippen molar-refractivity contribution in [3.8, 4) is 11.1 Å². The first-order chi connectivity index (χ1) is 34.4. The number of aromatic carboxylic acids is 1. The summed E-state index contributed by atoms with van der Waals surface area (Å²) in [6, 6.07) is 16.5. The van der Waals surface area contributed by atoms with Gasteiger partial charge in [-0.1, -0.05) is 0 Å². The number of furan rings is 2. The van der Waals surface area contributed by atoms with Gasteiger partial charge in [-0.25, -0.2) is 42.1 Å². The van der Waals surface area contributed by atoms with E-state index in [-0.39, 0.29) is 107 Å². The van der Waals surface area contributed by atoms with E-state index in [1.165, 1.54) is 82.8 Å². The summed E-state index contributed by atoms with van der Waals surface area (Å²) in [4.78, 5) is 82.5. The minimum Gasteiger partial charge on any atom is -0.477 e. The topological polar surface area (TPSA) is 241 Å². The summed E-state index contributed by atoms with van der Waals surface area (Å²) in [5, 5.41) is 12.5. The van der Waals surface area contributed by atoms with E-state index in [4.69, 9.17) is 13.3 Å². The van der Waals surface area contributed by atoms with Crippen LogP contribution in [0.15, 0.2) is 143 Å². The highest BCUT2D eigenvalue weighted by Gasteiger charge is 2.30. The maximum absolute atomic E-state index is 15.1. The first-order valence-electron chi connectivity index (χ1n) is 21.2. The Bertz CT molecular complexity index is 4700. The highest BCUT2D eigenvalue weighted by molar-refractivity contribution is 6.25. The number of hydrogen-bond acceptors (Lipinski definition) is 11. The van der Waals surface area contributed by atoms with Crippen LogP contribution >= 0.6 is 0 Å². The monoisotopic (exact) mass is 958 g/mol. The highest BCUT2D eigenvalue weighted by Crippen LogP contribution is 2.42. The summed E-state index contributed by atoms with van der Waals surface area (Å²) >= 11 is 0. The molecule has 4 N–H and O–H groups in total. The van der Waals surface area contributed by atoms with Crippen LogP contribution in [-0.2, 0) is 13.1 Å². The molecule has 71 heavy (non-hydrogen) atoms. The molecule has 348 valence electrons. The fourth-order valence-electron chi connectivity index (χ4n) is 9.37. The van der Waals surface area contributed by atoms with Crippen molar-refractivity contribution < 1.29 is 40.7 Å². The molecule has 9 heterocycles. The zero-order chi connectivity index (χ0) is 49.0. The Morgan fingerprint density at radius 1 is 0.606 bits per heavy atom. The van der Waals surface area contributed by atoms with Crippen LogP contribution in [0, 0.1) is 23.3 Å². The van der Waals surface area contributed by atoms with E-state index in [9.17, 15) is 29.1 Å². The van der Waals surface area contributed by atoms with Crippen LogP contribution in [0.5, 0.6) is 0 Å². The van der Waals surface area contributed by atoms with E-state index in [1.54, 1.807) is 12.1 Å². The average Bonchev–Trinajstić information content (AvgIpc) is 4.16. The van der Waals surface area contributed by atoms with Gasteiger partial charge in [0.15, 0.2) is 0 Å². The molecule has 0 aliphatic rings. The number of pyridine rings is 2. The van der Waals surface area contributed by atoms with Gasteiger partial charge >= 0.3 is 11.6 Å². The van der Waals surface area contributed by atoms with Gasteiger partial charge in [0, 0.05) is 52.0 Å². The fourth-order valence-corrected chi connectivity index (χ4v) is 9.37. The van der Waals surface area contributed by atoms with Crippen molar-refractivity contribution in [3.63, 3.8) is 0 Å². The molecule has 0 saturated carbocycles. The second-order valence-electron chi connectivity index (χ2n) is 16.3. The maximum atomic E-state index is 15.1. The number of aromatic amines is 3. The number of hydrogen-bond donors (Lipinski definition) is 4. The van der Waals surface area contributed by atoms with E-state index in [0.29, 0.717) is 21.7 Å². The molecule has 21 heteroatoms. The molecule has 0 spiro atoms. The zero-order valence-electron chi connectivity index (χ0n) is 35.8. The smallest absolute Gasteiger partial charge is 0.362 e. The third-order valence-corrected chi connectivity index (χ3v) is 12.4. The van der Waals surface area contributed by atoms with Crippen molar-refractivity contribution in [3.05, 3.63) is 192 Å². The second-order valence-corrected chi connectivity index (χ2v) is 16.3. The molecule has 17 nitrogen and oxygen atoms in total.